The average Bonchev–Trinajstić information content (AvgIpc) is 2.52. The van der Waals surface area contributed by atoms with Crippen molar-refractivity contribution in [2.24, 2.45) is 5.92 Å². The number of rotatable bonds is 6. The highest BCUT2D eigenvalue weighted by molar-refractivity contribution is 5.85. The summed E-state index contributed by atoms with van der Waals surface area (Å²) >= 11 is 0. The highest BCUT2D eigenvalue weighted by atomic mass is 35.5. The van der Waals surface area contributed by atoms with Crippen LogP contribution >= 0.6 is 12.4 Å². The number of halogens is 1. The minimum absolute atomic E-state index is 0. The number of nitrogens with one attached hydrogen (secondary N) is 2. The van der Waals surface area contributed by atoms with Crippen LogP contribution in [0.25, 0.3) is 0 Å². The summed E-state index contributed by atoms with van der Waals surface area (Å²) in [5, 5.41) is 6.33. The van der Waals surface area contributed by atoms with Crippen LogP contribution in [0.3, 0.4) is 0 Å². The molecule has 0 radical (unpaired) electrons. The molecule has 1 fully saturated rings. The monoisotopic (exact) mass is 312 g/mol. The number of carbonyl (C=O) groups is 1. The molecule has 1 aromatic carbocycles. The SMILES string of the molecule is COc1ccc(CNC(=O)CCC2CCNCC2)cc1.Cl. The molecule has 1 aliphatic heterocycles. The van der Waals surface area contributed by atoms with Crippen LogP contribution in [0, 0.1) is 5.92 Å². The van der Waals surface area contributed by atoms with Gasteiger partial charge in [0.1, 0.15) is 5.75 Å². The molecule has 21 heavy (non-hydrogen) atoms. The van der Waals surface area contributed by atoms with Gasteiger partial charge in [-0.25, -0.2) is 0 Å². The molecular formula is C16H25ClN2O2. The lowest BCUT2D eigenvalue weighted by molar-refractivity contribution is -0.121. The van der Waals surface area contributed by atoms with E-state index in [0.29, 0.717) is 18.9 Å². The van der Waals surface area contributed by atoms with Crippen LogP contribution in [0.1, 0.15) is 31.2 Å². The van der Waals surface area contributed by atoms with E-state index < -0.39 is 0 Å². The van der Waals surface area contributed by atoms with Crippen molar-refractivity contribution in [2.45, 2.75) is 32.2 Å². The Balaban J connectivity index is 0.00000220. The highest BCUT2D eigenvalue weighted by Crippen LogP contribution is 2.17. The van der Waals surface area contributed by atoms with Crippen LogP contribution in [0.15, 0.2) is 24.3 Å². The molecular weight excluding hydrogens is 288 g/mol. The second-order valence-electron chi connectivity index (χ2n) is 5.36. The second kappa shape index (κ2) is 9.64. The van der Waals surface area contributed by atoms with E-state index in [0.717, 1.165) is 30.8 Å². The smallest absolute Gasteiger partial charge is 0.220 e. The molecule has 118 valence electrons. The van der Waals surface area contributed by atoms with Crippen molar-refractivity contribution >= 4 is 18.3 Å². The summed E-state index contributed by atoms with van der Waals surface area (Å²) in [4.78, 5) is 11.8. The van der Waals surface area contributed by atoms with Crippen molar-refractivity contribution in [3.8, 4) is 5.75 Å². The average molecular weight is 313 g/mol. The molecule has 1 heterocycles. The Morgan fingerprint density at radius 2 is 1.95 bits per heavy atom. The van der Waals surface area contributed by atoms with Gasteiger partial charge in [-0.2, -0.15) is 0 Å². The number of piperidine rings is 1. The van der Waals surface area contributed by atoms with Gasteiger partial charge in [0.15, 0.2) is 0 Å². The maximum atomic E-state index is 11.8. The summed E-state index contributed by atoms with van der Waals surface area (Å²) in [7, 11) is 1.65. The molecule has 0 bridgehead atoms. The third-order valence-electron chi connectivity index (χ3n) is 3.89. The van der Waals surface area contributed by atoms with Gasteiger partial charge in [0, 0.05) is 13.0 Å². The number of benzene rings is 1. The first-order chi connectivity index (χ1) is 9.78. The van der Waals surface area contributed by atoms with E-state index in [1.165, 1.54) is 12.8 Å². The Labute approximate surface area is 133 Å². The molecule has 1 aliphatic rings. The molecule has 2 N–H and O–H groups in total. The predicted molar refractivity (Wildman–Crippen MR) is 86.9 cm³/mol. The fourth-order valence-electron chi connectivity index (χ4n) is 2.54. The Hall–Kier alpha value is -1.26. The zero-order valence-corrected chi connectivity index (χ0v) is 13.4. The quantitative estimate of drug-likeness (QED) is 0.848. The molecule has 0 aliphatic carbocycles. The number of carbonyl (C=O) groups excluding carboxylic acids is 1. The fourth-order valence-corrected chi connectivity index (χ4v) is 2.54. The maximum absolute atomic E-state index is 11.8. The van der Waals surface area contributed by atoms with Gasteiger partial charge in [-0.1, -0.05) is 12.1 Å². The van der Waals surface area contributed by atoms with E-state index in [2.05, 4.69) is 10.6 Å². The van der Waals surface area contributed by atoms with Crippen molar-refractivity contribution in [1.82, 2.24) is 10.6 Å². The highest BCUT2D eigenvalue weighted by Gasteiger charge is 2.14. The minimum Gasteiger partial charge on any atom is -0.497 e. The van der Waals surface area contributed by atoms with E-state index in [-0.39, 0.29) is 18.3 Å². The molecule has 0 atom stereocenters. The van der Waals surface area contributed by atoms with Crippen LogP contribution < -0.4 is 15.4 Å². The minimum atomic E-state index is 0. The summed E-state index contributed by atoms with van der Waals surface area (Å²) in [6.07, 6.45) is 4.05. The van der Waals surface area contributed by atoms with Gasteiger partial charge < -0.3 is 15.4 Å². The van der Waals surface area contributed by atoms with Gasteiger partial charge in [0.25, 0.3) is 0 Å². The molecule has 2 rings (SSSR count). The lowest BCUT2D eigenvalue weighted by Gasteiger charge is -2.22. The van der Waals surface area contributed by atoms with Gasteiger partial charge in [-0.15, -0.1) is 12.4 Å². The first-order valence-corrected chi connectivity index (χ1v) is 7.38. The van der Waals surface area contributed by atoms with Crippen LogP contribution in [-0.4, -0.2) is 26.1 Å². The van der Waals surface area contributed by atoms with Crippen LogP contribution in [0.4, 0.5) is 0 Å². The number of hydrogen-bond acceptors (Lipinski definition) is 3. The fraction of sp³-hybridized carbons (Fsp3) is 0.562. The van der Waals surface area contributed by atoms with E-state index in [4.69, 9.17) is 4.74 Å². The molecule has 0 spiro atoms. The standard InChI is InChI=1S/C16H24N2O2.ClH/c1-20-15-5-2-14(3-6-15)12-18-16(19)7-4-13-8-10-17-11-9-13;/h2-3,5-6,13,17H,4,7-12H2,1H3,(H,18,19);1H. The first kappa shape index (κ1) is 17.8. The summed E-state index contributed by atoms with van der Waals surface area (Å²) in [6, 6.07) is 7.78. The summed E-state index contributed by atoms with van der Waals surface area (Å²) < 4.78 is 5.11. The zero-order chi connectivity index (χ0) is 14.2. The number of hydrogen-bond donors (Lipinski definition) is 2. The zero-order valence-electron chi connectivity index (χ0n) is 12.6. The maximum Gasteiger partial charge on any atom is 0.220 e. The molecule has 1 aromatic rings. The van der Waals surface area contributed by atoms with Crippen molar-refractivity contribution in [3.05, 3.63) is 29.8 Å². The van der Waals surface area contributed by atoms with Gasteiger partial charge in [0.2, 0.25) is 5.91 Å². The Bertz CT molecular complexity index is 417. The van der Waals surface area contributed by atoms with E-state index in [1.807, 2.05) is 24.3 Å². The van der Waals surface area contributed by atoms with Crippen LogP contribution in [-0.2, 0) is 11.3 Å². The topological polar surface area (TPSA) is 50.4 Å². The largest absolute Gasteiger partial charge is 0.497 e. The van der Waals surface area contributed by atoms with Crippen molar-refractivity contribution in [2.75, 3.05) is 20.2 Å². The Morgan fingerprint density at radius 1 is 1.29 bits per heavy atom. The lowest BCUT2D eigenvalue weighted by atomic mass is 9.93. The number of ether oxygens (including phenoxy) is 1. The van der Waals surface area contributed by atoms with E-state index in [1.54, 1.807) is 7.11 Å². The van der Waals surface area contributed by atoms with Crippen LogP contribution in [0.5, 0.6) is 5.75 Å². The van der Waals surface area contributed by atoms with Gasteiger partial charge in [0.05, 0.1) is 7.11 Å². The van der Waals surface area contributed by atoms with Crippen LogP contribution in [0.2, 0.25) is 0 Å². The van der Waals surface area contributed by atoms with E-state index in [9.17, 15) is 4.79 Å². The number of methoxy groups -OCH3 is 1. The Morgan fingerprint density at radius 3 is 2.57 bits per heavy atom. The first-order valence-electron chi connectivity index (χ1n) is 7.38. The molecule has 1 saturated heterocycles. The summed E-state index contributed by atoms with van der Waals surface area (Å²) in [5.41, 5.74) is 1.10. The van der Waals surface area contributed by atoms with E-state index >= 15 is 0 Å². The molecule has 1 amide bonds. The summed E-state index contributed by atoms with van der Waals surface area (Å²) in [5.74, 6) is 1.70. The third kappa shape index (κ3) is 6.36. The van der Waals surface area contributed by atoms with Gasteiger partial charge in [-0.3, -0.25) is 4.79 Å². The molecule has 0 saturated carbocycles. The third-order valence-corrected chi connectivity index (χ3v) is 3.89. The van der Waals surface area contributed by atoms with Gasteiger partial charge in [-0.05, 0) is 56.0 Å². The second-order valence-corrected chi connectivity index (χ2v) is 5.36. The van der Waals surface area contributed by atoms with Crippen molar-refractivity contribution < 1.29 is 9.53 Å². The molecule has 0 aromatic heterocycles. The van der Waals surface area contributed by atoms with Crippen molar-refractivity contribution in [1.29, 1.82) is 0 Å². The molecule has 0 unspecified atom stereocenters. The summed E-state index contributed by atoms with van der Waals surface area (Å²) in [6.45, 7) is 2.78. The molecule has 4 nitrogen and oxygen atoms in total. The number of amides is 1. The normalized spacial score (nSPS) is 15.1. The van der Waals surface area contributed by atoms with Crippen molar-refractivity contribution in [3.63, 3.8) is 0 Å². The molecule has 5 heteroatoms. The predicted octanol–water partition coefficient (Wildman–Crippen LogP) is 2.51. The lowest BCUT2D eigenvalue weighted by Crippen LogP contribution is -2.29. The Kier molecular flexibility index (Phi) is 8.16. The van der Waals surface area contributed by atoms with Gasteiger partial charge >= 0.3 is 0 Å².